The molecule has 2 aliphatic heterocycles. The molecule has 3 rings (SSSR count). The van der Waals surface area contributed by atoms with Crippen LogP contribution in [0.3, 0.4) is 0 Å². The molecule has 1 N–H and O–H groups in total. The van der Waals surface area contributed by atoms with Gasteiger partial charge in [-0.25, -0.2) is 0 Å². The predicted molar refractivity (Wildman–Crippen MR) is 58.2 cm³/mol. The molecular formula is C12H14N2. The van der Waals surface area contributed by atoms with Crippen molar-refractivity contribution in [3.63, 3.8) is 0 Å². The zero-order valence-corrected chi connectivity index (χ0v) is 8.21. The van der Waals surface area contributed by atoms with Gasteiger partial charge in [-0.3, -0.25) is 4.99 Å². The van der Waals surface area contributed by atoms with Crippen molar-refractivity contribution in [3.05, 3.63) is 34.7 Å². The van der Waals surface area contributed by atoms with Crippen LogP contribution in [0.15, 0.2) is 39.7 Å². The summed E-state index contributed by atoms with van der Waals surface area (Å²) in [6.07, 6.45) is 10.8. The van der Waals surface area contributed by atoms with Crippen LogP contribution < -0.4 is 5.32 Å². The first-order valence-corrected chi connectivity index (χ1v) is 5.31. The Morgan fingerprint density at radius 1 is 1.14 bits per heavy atom. The molecule has 0 spiro atoms. The van der Waals surface area contributed by atoms with Gasteiger partial charge in [0.15, 0.2) is 0 Å². The summed E-state index contributed by atoms with van der Waals surface area (Å²) in [6.45, 7) is 1.12. The van der Waals surface area contributed by atoms with Crippen molar-refractivity contribution in [2.45, 2.75) is 25.7 Å². The number of fused-ring (bicyclic) bond motifs is 1. The van der Waals surface area contributed by atoms with Crippen LogP contribution in [0.2, 0.25) is 0 Å². The van der Waals surface area contributed by atoms with Crippen molar-refractivity contribution >= 4 is 6.21 Å². The second-order valence-electron chi connectivity index (χ2n) is 4.02. The lowest BCUT2D eigenvalue weighted by Gasteiger charge is -2.19. The zero-order valence-electron chi connectivity index (χ0n) is 8.21. The predicted octanol–water partition coefficient (Wildman–Crippen LogP) is 2.31. The molecule has 1 aliphatic carbocycles. The lowest BCUT2D eigenvalue weighted by Crippen LogP contribution is -2.12. The van der Waals surface area contributed by atoms with Gasteiger partial charge in [0.2, 0.25) is 0 Å². The average Bonchev–Trinajstić information content (AvgIpc) is 2.55. The van der Waals surface area contributed by atoms with Crippen molar-refractivity contribution in [2.75, 3.05) is 6.54 Å². The van der Waals surface area contributed by atoms with Gasteiger partial charge in [-0.05, 0) is 36.5 Å². The van der Waals surface area contributed by atoms with E-state index in [0.717, 1.165) is 13.0 Å². The number of hydrogen-bond acceptors (Lipinski definition) is 2. The molecule has 0 bridgehead atoms. The monoisotopic (exact) mass is 186 g/mol. The SMILES string of the molecule is C1=CC2=C(CC=N1)CCC1=C2NCC1. The van der Waals surface area contributed by atoms with E-state index < -0.39 is 0 Å². The van der Waals surface area contributed by atoms with Gasteiger partial charge in [0.25, 0.3) is 0 Å². The van der Waals surface area contributed by atoms with Gasteiger partial charge in [-0.2, -0.15) is 0 Å². The highest BCUT2D eigenvalue weighted by molar-refractivity contribution is 5.66. The molecule has 2 heterocycles. The fourth-order valence-electron chi connectivity index (χ4n) is 2.49. The lowest BCUT2D eigenvalue weighted by molar-refractivity contribution is 0.847. The molecule has 2 heteroatoms. The normalized spacial score (nSPS) is 24.6. The topological polar surface area (TPSA) is 24.4 Å². The van der Waals surface area contributed by atoms with Gasteiger partial charge in [0.05, 0.1) is 0 Å². The molecule has 3 aliphatic rings. The lowest BCUT2D eigenvalue weighted by atomic mass is 9.88. The van der Waals surface area contributed by atoms with E-state index in [1.165, 1.54) is 30.5 Å². The Kier molecular flexibility index (Phi) is 1.79. The largest absolute Gasteiger partial charge is 0.384 e. The highest BCUT2D eigenvalue weighted by atomic mass is 14.9. The van der Waals surface area contributed by atoms with E-state index in [9.17, 15) is 0 Å². The Hall–Kier alpha value is -1.31. The number of nitrogens with one attached hydrogen (secondary N) is 1. The molecule has 0 radical (unpaired) electrons. The minimum absolute atomic E-state index is 1.03. The Labute approximate surface area is 84.1 Å². The first-order valence-electron chi connectivity index (χ1n) is 5.31. The number of rotatable bonds is 0. The van der Waals surface area contributed by atoms with Gasteiger partial charge in [-0.1, -0.05) is 5.57 Å². The van der Waals surface area contributed by atoms with Crippen molar-refractivity contribution in [3.8, 4) is 0 Å². The van der Waals surface area contributed by atoms with E-state index in [4.69, 9.17) is 0 Å². The van der Waals surface area contributed by atoms with Crippen LogP contribution in [0.5, 0.6) is 0 Å². The summed E-state index contributed by atoms with van der Waals surface area (Å²) in [5.74, 6) is 0. The molecule has 0 fully saturated rings. The Balaban J connectivity index is 2.07. The molecule has 0 amide bonds. The summed E-state index contributed by atoms with van der Waals surface area (Å²) < 4.78 is 0. The van der Waals surface area contributed by atoms with E-state index in [-0.39, 0.29) is 0 Å². The Bertz CT molecular complexity index is 383. The van der Waals surface area contributed by atoms with Gasteiger partial charge in [-0.15, -0.1) is 0 Å². The van der Waals surface area contributed by atoms with Crippen LogP contribution in [-0.2, 0) is 0 Å². The highest BCUT2D eigenvalue weighted by Gasteiger charge is 2.23. The van der Waals surface area contributed by atoms with Crippen LogP contribution in [0.25, 0.3) is 0 Å². The molecule has 0 unspecified atom stereocenters. The molecule has 0 aromatic rings. The van der Waals surface area contributed by atoms with E-state index in [1.807, 2.05) is 12.4 Å². The van der Waals surface area contributed by atoms with Gasteiger partial charge in [0.1, 0.15) is 0 Å². The first-order chi connectivity index (χ1) is 6.95. The summed E-state index contributed by atoms with van der Waals surface area (Å²) in [6, 6.07) is 0. The molecule has 0 aromatic heterocycles. The van der Waals surface area contributed by atoms with Gasteiger partial charge >= 0.3 is 0 Å². The first kappa shape index (κ1) is 8.04. The molecular weight excluding hydrogens is 172 g/mol. The third-order valence-electron chi connectivity index (χ3n) is 3.23. The number of nitrogens with zero attached hydrogens (tertiary/aromatic N) is 1. The maximum atomic E-state index is 4.21. The van der Waals surface area contributed by atoms with Crippen LogP contribution in [0, 0.1) is 0 Å². The summed E-state index contributed by atoms with van der Waals surface area (Å²) in [7, 11) is 0. The van der Waals surface area contributed by atoms with Crippen LogP contribution in [0.1, 0.15) is 25.7 Å². The molecule has 0 atom stereocenters. The fourth-order valence-corrected chi connectivity index (χ4v) is 2.49. The minimum Gasteiger partial charge on any atom is -0.384 e. The number of allylic oxidation sites excluding steroid dienone is 2. The van der Waals surface area contributed by atoms with Crippen LogP contribution in [0.4, 0.5) is 0 Å². The van der Waals surface area contributed by atoms with Gasteiger partial charge < -0.3 is 5.32 Å². The van der Waals surface area contributed by atoms with Crippen LogP contribution >= 0.6 is 0 Å². The second kappa shape index (κ2) is 3.12. The van der Waals surface area contributed by atoms with E-state index >= 15 is 0 Å². The standard InChI is InChI=1S/C12H14N2/c1-2-10-4-8-14-12(10)11-5-7-13-6-3-9(1)11/h5-7,14H,1-4,8H2. The minimum atomic E-state index is 1.03. The quantitative estimate of drug-likeness (QED) is 0.617. The molecule has 72 valence electrons. The summed E-state index contributed by atoms with van der Waals surface area (Å²) in [5.41, 5.74) is 6.00. The molecule has 14 heavy (non-hydrogen) atoms. The molecule has 0 aromatic carbocycles. The summed E-state index contributed by atoms with van der Waals surface area (Å²) >= 11 is 0. The van der Waals surface area contributed by atoms with Crippen LogP contribution in [-0.4, -0.2) is 12.8 Å². The fraction of sp³-hybridized carbons (Fsp3) is 0.417. The maximum Gasteiger partial charge on any atom is 0.0406 e. The highest BCUT2D eigenvalue weighted by Crippen LogP contribution is 2.35. The van der Waals surface area contributed by atoms with Crippen molar-refractivity contribution in [2.24, 2.45) is 4.99 Å². The van der Waals surface area contributed by atoms with Crippen molar-refractivity contribution in [1.29, 1.82) is 0 Å². The van der Waals surface area contributed by atoms with E-state index in [2.05, 4.69) is 16.4 Å². The van der Waals surface area contributed by atoms with Crippen molar-refractivity contribution < 1.29 is 0 Å². The average molecular weight is 186 g/mol. The third kappa shape index (κ3) is 1.14. The van der Waals surface area contributed by atoms with Crippen molar-refractivity contribution in [1.82, 2.24) is 5.32 Å². The Morgan fingerprint density at radius 3 is 3.07 bits per heavy atom. The zero-order chi connectivity index (χ0) is 9.38. The third-order valence-corrected chi connectivity index (χ3v) is 3.23. The Morgan fingerprint density at radius 2 is 2.07 bits per heavy atom. The smallest absolute Gasteiger partial charge is 0.0406 e. The number of aliphatic imine (C=N–C) groups is 1. The maximum absolute atomic E-state index is 4.21. The molecule has 0 saturated heterocycles. The second-order valence-corrected chi connectivity index (χ2v) is 4.02. The molecule has 2 nitrogen and oxygen atoms in total. The van der Waals surface area contributed by atoms with Gasteiger partial charge in [0, 0.05) is 31.1 Å². The summed E-state index contributed by atoms with van der Waals surface area (Å²) in [5, 5.41) is 3.50. The molecule has 0 saturated carbocycles. The number of hydrogen-bond donors (Lipinski definition) is 1. The summed E-state index contributed by atoms with van der Waals surface area (Å²) in [4.78, 5) is 4.21. The van der Waals surface area contributed by atoms with E-state index in [1.54, 1.807) is 11.1 Å². The van der Waals surface area contributed by atoms with E-state index in [0.29, 0.717) is 0 Å².